The van der Waals surface area contributed by atoms with E-state index in [1.54, 1.807) is 0 Å². The Hall–Kier alpha value is -1.79. The maximum absolute atomic E-state index is 11.5. The van der Waals surface area contributed by atoms with Crippen molar-refractivity contribution < 1.29 is 14.3 Å². The van der Waals surface area contributed by atoms with Crippen molar-refractivity contribution in [3.63, 3.8) is 0 Å². The summed E-state index contributed by atoms with van der Waals surface area (Å²) in [6.45, 7) is 8.28. The van der Waals surface area contributed by atoms with Crippen molar-refractivity contribution in [2.75, 3.05) is 19.6 Å². The minimum atomic E-state index is -0.507. The Morgan fingerprint density at radius 1 is 1.53 bits per heavy atom. The monoisotopic (exact) mass is 270 g/mol. The van der Waals surface area contributed by atoms with E-state index in [0.29, 0.717) is 19.0 Å². The van der Waals surface area contributed by atoms with E-state index in [0.717, 1.165) is 0 Å². The van der Waals surface area contributed by atoms with Crippen LogP contribution in [-0.2, 0) is 9.53 Å². The van der Waals surface area contributed by atoms with Gasteiger partial charge < -0.3 is 20.7 Å². The van der Waals surface area contributed by atoms with Crippen LogP contribution in [0.5, 0.6) is 0 Å². The number of nitrogens with one attached hydrogen (secondary N) is 3. The van der Waals surface area contributed by atoms with Crippen LogP contribution in [0.25, 0.3) is 0 Å². The lowest BCUT2D eigenvalue weighted by atomic mass is 10.2. The second-order valence-corrected chi connectivity index (χ2v) is 5.49. The molecule has 19 heavy (non-hydrogen) atoms. The Morgan fingerprint density at radius 2 is 2.21 bits per heavy atom. The maximum atomic E-state index is 11.5. The SMILES string of the molecule is CC(CNC1=NCC(=O)CN1)NC(=O)OC(C)(C)C. The number of ether oxygens (including phenoxy) is 1. The summed E-state index contributed by atoms with van der Waals surface area (Å²) in [5.41, 5.74) is -0.507. The van der Waals surface area contributed by atoms with Crippen LogP contribution in [0.2, 0.25) is 0 Å². The molecule has 0 bridgehead atoms. The van der Waals surface area contributed by atoms with E-state index in [-0.39, 0.29) is 18.4 Å². The van der Waals surface area contributed by atoms with Gasteiger partial charge in [-0.2, -0.15) is 0 Å². The van der Waals surface area contributed by atoms with Crippen molar-refractivity contribution in [2.45, 2.75) is 39.3 Å². The third kappa shape index (κ3) is 6.64. The molecule has 7 heteroatoms. The summed E-state index contributed by atoms with van der Waals surface area (Å²) in [6.07, 6.45) is -0.449. The molecule has 0 saturated heterocycles. The average Bonchev–Trinajstić information content (AvgIpc) is 2.25. The van der Waals surface area contributed by atoms with Crippen LogP contribution in [0.4, 0.5) is 4.79 Å². The molecule has 1 unspecified atom stereocenters. The van der Waals surface area contributed by atoms with Crippen molar-refractivity contribution in [3.8, 4) is 0 Å². The number of rotatable bonds is 3. The molecular weight excluding hydrogens is 248 g/mol. The zero-order chi connectivity index (χ0) is 14.5. The van der Waals surface area contributed by atoms with Gasteiger partial charge in [0, 0.05) is 12.6 Å². The maximum Gasteiger partial charge on any atom is 0.407 e. The molecule has 1 amide bonds. The summed E-state index contributed by atoms with van der Waals surface area (Å²) < 4.78 is 5.15. The van der Waals surface area contributed by atoms with Crippen LogP contribution in [0, 0.1) is 0 Å². The molecule has 1 aliphatic rings. The quantitative estimate of drug-likeness (QED) is 0.672. The number of nitrogens with zero attached hydrogens (tertiary/aromatic N) is 1. The van der Waals surface area contributed by atoms with Gasteiger partial charge in [0.1, 0.15) is 12.1 Å². The second kappa shape index (κ2) is 6.40. The highest BCUT2D eigenvalue weighted by atomic mass is 16.6. The predicted molar refractivity (Wildman–Crippen MR) is 72.1 cm³/mol. The minimum Gasteiger partial charge on any atom is -0.444 e. The summed E-state index contributed by atoms with van der Waals surface area (Å²) in [4.78, 5) is 26.5. The first-order chi connectivity index (χ1) is 8.76. The number of carbonyl (C=O) groups is 2. The molecule has 1 atom stereocenters. The number of Topliss-reactive ketones (excluding diaryl/α,β-unsaturated/α-hetero) is 1. The molecule has 0 aromatic carbocycles. The molecule has 7 nitrogen and oxygen atoms in total. The van der Waals surface area contributed by atoms with Gasteiger partial charge in [0.15, 0.2) is 11.7 Å². The highest BCUT2D eigenvalue weighted by Gasteiger charge is 2.18. The number of ketones is 1. The van der Waals surface area contributed by atoms with Gasteiger partial charge in [-0.05, 0) is 27.7 Å². The fourth-order valence-corrected chi connectivity index (χ4v) is 1.39. The third-order valence-electron chi connectivity index (χ3n) is 2.21. The summed E-state index contributed by atoms with van der Waals surface area (Å²) in [5, 5.41) is 8.60. The van der Waals surface area contributed by atoms with Gasteiger partial charge in [-0.25, -0.2) is 9.79 Å². The van der Waals surface area contributed by atoms with E-state index in [1.807, 2.05) is 27.7 Å². The number of carbonyl (C=O) groups excluding carboxylic acids is 2. The summed E-state index contributed by atoms with van der Waals surface area (Å²) in [6, 6.07) is -0.114. The number of aliphatic imine (C=N–C) groups is 1. The van der Waals surface area contributed by atoms with E-state index in [1.165, 1.54) is 0 Å². The summed E-state index contributed by atoms with van der Waals surface area (Å²) >= 11 is 0. The smallest absolute Gasteiger partial charge is 0.407 e. The van der Waals surface area contributed by atoms with Gasteiger partial charge in [0.05, 0.1) is 6.54 Å². The molecule has 0 radical (unpaired) electrons. The van der Waals surface area contributed by atoms with Crippen LogP contribution in [0.1, 0.15) is 27.7 Å². The lowest BCUT2D eigenvalue weighted by Gasteiger charge is -2.23. The van der Waals surface area contributed by atoms with Gasteiger partial charge in [-0.1, -0.05) is 0 Å². The van der Waals surface area contributed by atoms with Gasteiger partial charge >= 0.3 is 6.09 Å². The highest BCUT2D eigenvalue weighted by molar-refractivity contribution is 5.93. The van der Waals surface area contributed by atoms with Crippen molar-refractivity contribution >= 4 is 17.8 Å². The van der Waals surface area contributed by atoms with E-state index < -0.39 is 11.7 Å². The first-order valence-corrected chi connectivity index (χ1v) is 6.29. The number of guanidine groups is 1. The van der Waals surface area contributed by atoms with E-state index >= 15 is 0 Å². The van der Waals surface area contributed by atoms with Gasteiger partial charge in [-0.3, -0.25) is 4.79 Å². The number of amides is 1. The fourth-order valence-electron chi connectivity index (χ4n) is 1.39. The van der Waals surface area contributed by atoms with E-state index in [9.17, 15) is 9.59 Å². The summed E-state index contributed by atoms with van der Waals surface area (Å²) in [7, 11) is 0. The number of hydrogen-bond donors (Lipinski definition) is 3. The van der Waals surface area contributed by atoms with Gasteiger partial charge in [0.2, 0.25) is 0 Å². The molecule has 3 N–H and O–H groups in total. The highest BCUT2D eigenvalue weighted by Crippen LogP contribution is 2.06. The Kier molecular flexibility index (Phi) is 5.14. The number of alkyl carbamates (subject to hydrolysis) is 1. The van der Waals surface area contributed by atoms with Crippen molar-refractivity contribution in [2.24, 2.45) is 4.99 Å². The van der Waals surface area contributed by atoms with Crippen LogP contribution in [0.3, 0.4) is 0 Å². The second-order valence-electron chi connectivity index (χ2n) is 5.49. The summed E-state index contributed by atoms with van der Waals surface area (Å²) in [5.74, 6) is 0.642. The third-order valence-corrected chi connectivity index (χ3v) is 2.21. The van der Waals surface area contributed by atoms with Crippen LogP contribution >= 0.6 is 0 Å². The Bertz CT molecular complexity index is 374. The first kappa shape index (κ1) is 15.3. The van der Waals surface area contributed by atoms with Gasteiger partial charge in [0.25, 0.3) is 0 Å². The molecule has 108 valence electrons. The normalized spacial score (nSPS) is 17.1. The molecule has 1 heterocycles. The van der Waals surface area contributed by atoms with Crippen LogP contribution < -0.4 is 16.0 Å². The van der Waals surface area contributed by atoms with Crippen molar-refractivity contribution in [3.05, 3.63) is 0 Å². The molecule has 0 aliphatic carbocycles. The lowest BCUT2D eigenvalue weighted by Crippen LogP contribution is -2.49. The Balaban J connectivity index is 2.26. The lowest BCUT2D eigenvalue weighted by molar-refractivity contribution is -0.116. The van der Waals surface area contributed by atoms with E-state index in [4.69, 9.17) is 4.74 Å². The molecule has 0 saturated carbocycles. The molecule has 0 spiro atoms. The molecule has 1 aliphatic heterocycles. The zero-order valence-corrected chi connectivity index (χ0v) is 11.9. The molecular formula is C12H22N4O3. The topological polar surface area (TPSA) is 91.8 Å². The Labute approximate surface area is 113 Å². The standard InChI is InChI=1S/C12H22N4O3/c1-8(16-11(18)19-12(2,3)4)5-13-10-14-6-9(17)7-15-10/h8H,5-7H2,1-4H3,(H,16,18)(H2,13,14,15). The predicted octanol–water partition coefficient (Wildman–Crippen LogP) is 0.0175. The molecule has 0 aromatic rings. The average molecular weight is 270 g/mol. The van der Waals surface area contributed by atoms with E-state index in [2.05, 4.69) is 20.9 Å². The minimum absolute atomic E-state index is 0.0606. The van der Waals surface area contributed by atoms with Crippen molar-refractivity contribution in [1.29, 1.82) is 0 Å². The van der Waals surface area contributed by atoms with Crippen LogP contribution in [-0.4, -0.2) is 49.1 Å². The number of hydrogen-bond acceptors (Lipinski definition) is 6. The largest absolute Gasteiger partial charge is 0.444 e. The fraction of sp³-hybridized carbons (Fsp3) is 0.750. The molecule has 0 fully saturated rings. The molecule has 0 aromatic heterocycles. The zero-order valence-electron chi connectivity index (χ0n) is 11.9. The Morgan fingerprint density at radius 3 is 2.74 bits per heavy atom. The first-order valence-electron chi connectivity index (χ1n) is 6.29. The molecule has 1 rings (SSSR count). The van der Waals surface area contributed by atoms with Crippen molar-refractivity contribution in [1.82, 2.24) is 16.0 Å². The van der Waals surface area contributed by atoms with Gasteiger partial charge in [-0.15, -0.1) is 0 Å². The van der Waals surface area contributed by atoms with Crippen LogP contribution in [0.15, 0.2) is 4.99 Å².